The molecule has 2 aliphatic rings. The zero-order valence-corrected chi connectivity index (χ0v) is 18.4. The van der Waals surface area contributed by atoms with Crippen molar-refractivity contribution < 1.29 is 8.42 Å². The molecule has 0 unspecified atom stereocenters. The fourth-order valence-corrected chi connectivity index (χ4v) is 4.65. The Bertz CT molecular complexity index is 728. The van der Waals surface area contributed by atoms with E-state index in [1.54, 1.807) is 24.3 Å². The molecule has 0 radical (unpaired) electrons. The van der Waals surface area contributed by atoms with E-state index in [0.717, 1.165) is 24.6 Å². The maximum Gasteiger partial charge on any atom is 0.238 e. The van der Waals surface area contributed by atoms with Crippen molar-refractivity contribution >= 4 is 40.0 Å². The van der Waals surface area contributed by atoms with Crippen LogP contribution in [0.15, 0.2) is 34.2 Å². The molecule has 0 amide bonds. The third kappa shape index (κ3) is 5.10. The van der Waals surface area contributed by atoms with E-state index >= 15 is 0 Å². The molecule has 8 heteroatoms. The Morgan fingerprint density at radius 2 is 1.85 bits per heavy atom. The number of guanidine groups is 1. The van der Waals surface area contributed by atoms with E-state index < -0.39 is 10.0 Å². The number of benzene rings is 1. The molecule has 6 nitrogen and oxygen atoms in total. The quantitative estimate of drug-likeness (QED) is 0.386. The van der Waals surface area contributed by atoms with E-state index in [0.29, 0.717) is 12.0 Å². The second kappa shape index (κ2) is 8.88. The Balaban J connectivity index is 0.00000243. The fraction of sp³-hybridized carbons (Fsp3) is 0.611. The van der Waals surface area contributed by atoms with Gasteiger partial charge < -0.3 is 10.2 Å². The standard InChI is InChI=1S/C18H28N4O2S.HI/c1-20-17(22-12-11-18(14-22)9-3-2-4-10-18)21-13-15-5-7-16(8-6-15)25(19,23)24;/h5-8H,2-4,9-14H2,1H3,(H,20,21)(H2,19,23,24);1H. The molecule has 2 fully saturated rings. The highest BCUT2D eigenvalue weighted by molar-refractivity contribution is 14.0. The van der Waals surface area contributed by atoms with Gasteiger partial charge in [-0.1, -0.05) is 31.4 Å². The van der Waals surface area contributed by atoms with E-state index in [-0.39, 0.29) is 28.9 Å². The van der Waals surface area contributed by atoms with Crippen molar-refractivity contribution in [1.82, 2.24) is 10.2 Å². The topological polar surface area (TPSA) is 87.8 Å². The first-order valence-corrected chi connectivity index (χ1v) is 10.5. The Morgan fingerprint density at radius 1 is 1.19 bits per heavy atom. The predicted octanol–water partition coefficient (Wildman–Crippen LogP) is 2.68. The van der Waals surface area contributed by atoms with Gasteiger partial charge in [0, 0.05) is 26.7 Å². The lowest BCUT2D eigenvalue weighted by molar-refractivity contribution is 0.203. The van der Waals surface area contributed by atoms with Crippen LogP contribution in [0, 0.1) is 5.41 Å². The Hall–Kier alpha value is -0.870. The number of primary sulfonamides is 1. The van der Waals surface area contributed by atoms with Crippen molar-refractivity contribution in [2.45, 2.75) is 50.0 Å². The zero-order valence-electron chi connectivity index (χ0n) is 15.3. The summed E-state index contributed by atoms with van der Waals surface area (Å²) < 4.78 is 22.6. The minimum absolute atomic E-state index is 0. The van der Waals surface area contributed by atoms with Crippen LogP contribution in [-0.4, -0.2) is 39.4 Å². The molecule has 1 saturated carbocycles. The molecule has 1 aliphatic heterocycles. The van der Waals surface area contributed by atoms with Crippen LogP contribution >= 0.6 is 24.0 Å². The van der Waals surface area contributed by atoms with Gasteiger partial charge in [0.05, 0.1) is 4.90 Å². The molecule has 0 bridgehead atoms. The van der Waals surface area contributed by atoms with Gasteiger partial charge in [-0.3, -0.25) is 4.99 Å². The molecule has 1 aromatic rings. The summed E-state index contributed by atoms with van der Waals surface area (Å²) in [7, 11) is -1.82. The summed E-state index contributed by atoms with van der Waals surface area (Å²) in [6.07, 6.45) is 8.04. The number of nitrogens with one attached hydrogen (secondary N) is 1. The highest BCUT2D eigenvalue weighted by Crippen LogP contribution is 2.43. The minimum Gasteiger partial charge on any atom is -0.352 e. The van der Waals surface area contributed by atoms with Crippen LogP contribution in [0.5, 0.6) is 0 Å². The lowest BCUT2D eigenvalue weighted by Crippen LogP contribution is -2.41. The van der Waals surface area contributed by atoms with E-state index in [1.165, 1.54) is 38.5 Å². The smallest absolute Gasteiger partial charge is 0.238 e. The van der Waals surface area contributed by atoms with Crippen LogP contribution < -0.4 is 10.5 Å². The molecule has 1 spiro atoms. The molecule has 1 saturated heterocycles. The van der Waals surface area contributed by atoms with Crippen LogP contribution in [-0.2, 0) is 16.6 Å². The van der Waals surface area contributed by atoms with Gasteiger partial charge in [0.1, 0.15) is 0 Å². The Kier molecular flexibility index (Phi) is 7.32. The molecule has 3 rings (SSSR count). The van der Waals surface area contributed by atoms with Crippen LogP contribution in [0.3, 0.4) is 0 Å². The highest BCUT2D eigenvalue weighted by atomic mass is 127. The van der Waals surface area contributed by atoms with Gasteiger partial charge in [-0.25, -0.2) is 13.6 Å². The minimum atomic E-state index is -3.64. The molecular formula is C18H29IN4O2S. The molecule has 26 heavy (non-hydrogen) atoms. The number of hydrogen-bond acceptors (Lipinski definition) is 3. The van der Waals surface area contributed by atoms with Gasteiger partial charge in [-0.2, -0.15) is 0 Å². The second-order valence-electron chi connectivity index (χ2n) is 7.32. The lowest BCUT2D eigenvalue weighted by Gasteiger charge is -2.33. The molecule has 1 heterocycles. The van der Waals surface area contributed by atoms with Crippen LogP contribution in [0.4, 0.5) is 0 Å². The van der Waals surface area contributed by atoms with Crippen molar-refractivity contribution in [3.05, 3.63) is 29.8 Å². The number of nitrogens with two attached hydrogens (primary N) is 1. The second-order valence-corrected chi connectivity index (χ2v) is 8.88. The normalized spacial score (nSPS) is 20.1. The van der Waals surface area contributed by atoms with Crippen molar-refractivity contribution in [3.63, 3.8) is 0 Å². The predicted molar refractivity (Wildman–Crippen MR) is 115 cm³/mol. The zero-order chi connectivity index (χ0) is 17.9. The average molecular weight is 492 g/mol. The van der Waals surface area contributed by atoms with E-state index in [9.17, 15) is 8.42 Å². The molecule has 0 aromatic heterocycles. The van der Waals surface area contributed by atoms with Gasteiger partial charge in [-0.15, -0.1) is 24.0 Å². The molecule has 1 aliphatic carbocycles. The van der Waals surface area contributed by atoms with E-state index in [4.69, 9.17) is 5.14 Å². The highest BCUT2D eigenvalue weighted by Gasteiger charge is 2.39. The third-order valence-corrected chi connectivity index (χ3v) is 6.50. The average Bonchev–Trinajstić information content (AvgIpc) is 2.99. The number of sulfonamides is 1. The SMILES string of the molecule is CN=C(NCc1ccc(S(N)(=O)=O)cc1)N1CCC2(CCCCC2)C1.I. The van der Waals surface area contributed by atoms with Crippen LogP contribution in [0.25, 0.3) is 0 Å². The lowest BCUT2D eigenvalue weighted by atomic mass is 9.73. The Labute approximate surface area is 173 Å². The van der Waals surface area contributed by atoms with Gasteiger partial charge in [-0.05, 0) is 42.4 Å². The van der Waals surface area contributed by atoms with Gasteiger partial charge in [0.15, 0.2) is 5.96 Å². The number of halogens is 1. The number of aliphatic imine (C=N–C) groups is 1. The largest absolute Gasteiger partial charge is 0.352 e. The summed E-state index contributed by atoms with van der Waals surface area (Å²) in [6.45, 7) is 2.77. The molecule has 1 aromatic carbocycles. The third-order valence-electron chi connectivity index (χ3n) is 5.57. The number of hydrogen-bond donors (Lipinski definition) is 2. The molecular weight excluding hydrogens is 463 g/mol. The number of rotatable bonds is 3. The Morgan fingerprint density at radius 3 is 2.42 bits per heavy atom. The van der Waals surface area contributed by atoms with Crippen molar-refractivity contribution in [2.75, 3.05) is 20.1 Å². The molecule has 0 atom stereocenters. The summed E-state index contributed by atoms with van der Waals surface area (Å²) in [4.78, 5) is 6.94. The van der Waals surface area contributed by atoms with E-state index in [1.807, 2.05) is 7.05 Å². The monoisotopic (exact) mass is 492 g/mol. The van der Waals surface area contributed by atoms with Gasteiger partial charge >= 0.3 is 0 Å². The van der Waals surface area contributed by atoms with Crippen LogP contribution in [0.1, 0.15) is 44.1 Å². The first kappa shape index (κ1) is 21.4. The van der Waals surface area contributed by atoms with Crippen molar-refractivity contribution in [1.29, 1.82) is 0 Å². The summed E-state index contributed by atoms with van der Waals surface area (Å²) >= 11 is 0. The van der Waals surface area contributed by atoms with Crippen molar-refractivity contribution in [2.24, 2.45) is 15.5 Å². The van der Waals surface area contributed by atoms with Crippen LogP contribution in [0.2, 0.25) is 0 Å². The molecule has 3 N–H and O–H groups in total. The summed E-state index contributed by atoms with van der Waals surface area (Å²) in [5.41, 5.74) is 1.49. The van der Waals surface area contributed by atoms with Crippen molar-refractivity contribution in [3.8, 4) is 0 Å². The first-order valence-electron chi connectivity index (χ1n) is 8.99. The maximum absolute atomic E-state index is 11.3. The fourth-order valence-electron chi connectivity index (χ4n) is 4.14. The summed E-state index contributed by atoms with van der Waals surface area (Å²) in [6, 6.07) is 6.66. The van der Waals surface area contributed by atoms with E-state index in [2.05, 4.69) is 15.2 Å². The summed E-state index contributed by atoms with van der Waals surface area (Å²) in [5.74, 6) is 0.929. The number of likely N-dealkylation sites (tertiary alicyclic amines) is 1. The molecule has 146 valence electrons. The maximum atomic E-state index is 11.3. The summed E-state index contributed by atoms with van der Waals surface area (Å²) in [5, 5.41) is 8.54. The number of nitrogens with zero attached hydrogens (tertiary/aromatic N) is 2. The van der Waals surface area contributed by atoms with Gasteiger partial charge in [0.2, 0.25) is 10.0 Å². The van der Waals surface area contributed by atoms with Gasteiger partial charge in [0.25, 0.3) is 0 Å². The first-order chi connectivity index (χ1) is 11.9.